The van der Waals surface area contributed by atoms with Gasteiger partial charge >= 0.3 is 0 Å². The lowest BCUT2D eigenvalue weighted by Gasteiger charge is -2.11. The molecule has 0 aliphatic carbocycles. The van der Waals surface area contributed by atoms with E-state index in [0.29, 0.717) is 19.2 Å². The predicted octanol–water partition coefficient (Wildman–Crippen LogP) is 2.35. The lowest BCUT2D eigenvalue weighted by atomic mass is 10.1. The van der Waals surface area contributed by atoms with Crippen molar-refractivity contribution in [2.75, 3.05) is 18.9 Å². The van der Waals surface area contributed by atoms with Gasteiger partial charge in [0, 0.05) is 12.2 Å². The summed E-state index contributed by atoms with van der Waals surface area (Å²) >= 11 is 0. The van der Waals surface area contributed by atoms with E-state index in [2.05, 4.69) is 10.1 Å². The Morgan fingerprint density at radius 3 is 3.09 bits per heavy atom. The minimum atomic E-state index is 0.240. The molecule has 1 unspecified atom stereocenters. The molecule has 1 aliphatic rings. The highest BCUT2D eigenvalue weighted by atomic mass is 16.5. The number of nitrogens with zero attached hydrogens (tertiary/aromatic N) is 3. The Balaban J connectivity index is 1.64. The van der Waals surface area contributed by atoms with Gasteiger partial charge in [-0.05, 0) is 25.3 Å². The molecule has 1 saturated heterocycles. The lowest BCUT2D eigenvalue weighted by molar-refractivity contribution is 0.0106. The zero-order valence-corrected chi connectivity index (χ0v) is 13.3. The van der Waals surface area contributed by atoms with Gasteiger partial charge in [-0.25, -0.2) is 9.66 Å². The van der Waals surface area contributed by atoms with Crippen LogP contribution >= 0.6 is 0 Å². The maximum absolute atomic E-state index is 5.79. The van der Waals surface area contributed by atoms with Crippen molar-refractivity contribution in [1.82, 2.24) is 9.66 Å². The first-order valence-electron chi connectivity index (χ1n) is 7.85. The predicted molar refractivity (Wildman–Crippen MR) is 89.4 cm³/mol. The van der Waals surface area contributed by atoms with Crippen LogP contribution in [-0.4, -0.2) is 35.2 Å². The second-order valence-electron chi connectivity index (χ2n) is 5.68. The van der Waals surface area contributed by atoms with Gasteiger partial charge in [-0.15, -0.1) is 0 Å². The van der Waals surface area contributed by atoms with Crippen molar-refractivity contribution in [2.45, 2.75) is 32.5 Å². The van der Waals surface area contributed by atoms with Crippen LogP contribution in [0.5, 0.6) is 0 Å². The van der Waals surface area contributed by atoms with E-state index < -0.39 is 0 Å². The molecule has 6 heteroatoms. The van der Waals surface area contributed by atoms with Gasteiger partial charge in [-0.3, -0.25) is 0 Å². The average Bonchev–Trinajstić information content (AvgIpc) is 3.16. The van der Waals surface area contributed by atoms with Gasteiger partial charge in [0.15, 0.2) is 0 Å². The third-order valence-electron chi connectivity index (χ3n) is 3.80. The van der Waals surface area contributed by atoms with Crippen LogP contribution in [0.2, 0.25) is 0 Å². The zero-order chi connectivity index (χ0) is 16.1. The Labute approximate surface area is 135 Å². The van der Waals surface area contributed by atoms with Crippen molar-refractivity contribution in [2.24, 2.45) is 5.10 Å². The fourth-order valence-electron chi connectivity index (χ4n) is 2.59. The number of aryl methyl sites for hydroxylation is 1. The normalized spacial score (nSPS) is 18.0. The minimum Gasteiger partial charge on any atom is -0.376 e. The highest BCUT2D eigenvalue weighted by Crippen LogP contribution is 2.14. The van der Waals surface area contributed by atoms with Crippen molar-refractivity contribution in [3.63, 3.8) is 0 Å². The second kappa shape index (κ2) is 7.39. The van der Waals surface area contributed by atoms with Gasteiger partial charge in [0.05, 0.1) is 37.4 Å². The second-order valence-corrected chi connectivity index (χ2v) is 5.68. The first-order valence-corrected chi connectivity index (χ1v) is 7.85. The van der Waals surface area contributed by atoms with E-state index in [-0.39, 0.29) is 6.10 Å². The molecule has 2 N–H and O–H groups in total. The summed E-state index contributed by atoms with van der Waals surface area (Å²) in [5.74, 6) is 0.380. The number of hydrogen-bond donors (Lipinski definition) is 1. The molecule has 0 saturated carbocycles. The first kappa shape index (κ1) is 15.7. The monoisotopic (exact) mass is 314 g/mol. The molecule has 1 aliphatic heterocycles. The molecule has 1 fully saturated rings. The Hall–Kier alpha value is -2.18. The fourth-order valence-corrected chi connectivity index (χ4v) is 2.59. The summed E-state index contributed by atoms with van der Waals surface area (Å²) < 4.78 is 12.9. The summed E-state index contributed by atoms with van der Waals surface area (Å²) in [7, 11) is 0. The van der Waals surface area contributed by atoms with E-state index in [1.807, 2.05) is 31.2 Å². The number of benzene rings is 1. The number of imidazole rings is 1. The highest BCUT2D eigenvalue weighted by molar-refractivity contribution is 5.81. The molecule has 2 aromatic rings. The number of ether oxygens (including phenoxy) is 2. The van der Waals surface area contributed by atoms with E-state index in [1.165, 1.54) is 0 Å². The van der Waals surface area contributed by atoms with Crippen LogP contribution in [0.4, 0.5) is 5.95 Å². The van der Waals surface area contributed by atoms with Gasteiger partial charge in [-0.1, -0.05) is 24.3 Å². The van der Waals surface area contributed by atoms with Gasteiger partial charge in [0.2, 0.25) is 5.95 Å². The molecule has 0 spiro atoms. The molecule has 122 valence electrons. The zero-order valence-electron chi connectivity index (χ0n) is 13.3. The van der Waals surface area contributed by atoms with E-state index >= 15 is 0 Å². The first-order chi connectivity index (χ1) is 11.2. The van der Waals surface area contributed by atoms with E-state index in [1.54, 1.807) is 17.1 Å². The molecule has 0 bridgehead atoms. The van der Waals surface area contributed by atoms with Gasteiger partial charge in [-0.2, -0.15) is 5.10 Å². The fraction of sp³-hybridized carbons (Fsp3) is 0.412. The standard InChI is InChI=1S/C17H22N4O2/c1-13-10-21(17(18)20-13)19-9-14-5-2-3-6-15(14)11-22-12-16-7-4-8-23-16/h2-3,5-6,9-10,16H,4,7-8,11-12H2,1H3,(H2,18,20). The molecular formula is C17H22N4O2. The van der Waals surface area contributed by atoms with Crippen LogP contribution in [0, 0.1) is 6.92 Å². The smallest absolute Gasteiger partial charge is 0.221 e. The molecule has 0 radical (unpaired) electrons. The summed E-state index contributed by atoms with van der Waals surface area (Å²) in [6.07, 6.45) is 6.03. The summed E-state index contributed by atoms with van der Waals surface area (Å²) in [5, 5.41) is 4.37. The molecule has 6 nitrogen and oxygen atoms in total. The van der Waals surface area contributed by atoms with Crippen LogP contribution < -0.4 is 5.73 Å². The number of nitrogens with two attached hydrogens (primary N) is 1. The van der Waals surface area contributed by atoms with Crippen molar-refractivity contribution in [3.05, 3.63) is 47.3 Å². The van der Waals surface area contributed by atoms with Gasteiger partial charge < -0.3 is 15.2 Å². The maximum atomic E-state index is 5.79. The number of aromatic nitrogens is 2. The van der Waals surface area contributed by atoms with Gasteiger partial charge in [0.1, 0.15) is 0 Å². The largest absolute Gasteiger partial charge is 0.376 e. The van der Waals surface area contributed by atoms with Crippen molar-refractivity contribution in [1.29, 1.82) is 0 Å². The molecular weight excluding hydrogens is 292 g/mol. The van der Waals surface area contributed by atoms with E-state index in [9.17, 15) is 0 Å². The summed E-state index contributed by atoms with van der Waals surface area (Å²) in [4.78, 5) is 4.13. The van der Waals surface area contributed by atoms with Crippen molar-refractivity contribution >= 4 is 12.2 Å². The molecule has 0 amide bonds. The summed E-state index contributed by atoms with van der Waals surface area (Å²) in [6.45, 7) is 3.91. The molecule has 1 atom stereocenters. The van der Waals surface area contributed by atoms with Crippen molar-refractivity contribution < 1.29 is 9.47 Å². The lowest BCUT2D eigenvalue weighted by Crippen LogP contribution is -2.14. The van der Waals surface area contributed by atoms with Crippen LogP contribution in [0.15, 0.2) is 35.6 Å². The quantitative estimate of drug-likeness (QED) is 0.831. The Morgan fingerprint density at radius 2 is 2.35 bits per heavy atom. The molecule has 1 aromatic heterocycles. The van der Waals surface area contributed by atoms with Crippen LogP contribution in [-0.2, 0) is 16.1 Å². The minimum absolute atomic E-state index is 0.240. The molecule has 3 rings (SSSR count). The summed E-state index contributed by atoms with van der Waals surface area (Å²) in [5.41, 5.74) is 8.73. The topological polar surface area (TPSA) is 74.7 Å². The Morgan fingerprint density at radius 1 is 1.48 bits per heavy atom. The Bertz CT molecular complexity index is 675. The van der Waals surface area contributed by atoms with E-state index in [0.717, 1.165) is 36.3 Å². The Kier molecular flexibility index (Phi) is 5.05. The third-order valence-corrected chi connectivity index (χ3v) is 3.80. The molecule has 2 heterocycles. The molecule has 1 aromatic carbocycles. The molecule has 23 heavy (non-hydrogen) atoms. The van der Waals surface area contributed by atoms with Gasteiger partial charge in [0.25, 0.3) is 0 Å². The van der Waals surface area contributed by atoms with Crippen LogP contribution in [0.3, 0.4) is 0 Å². The SMILES string of the molecule is Cc1cn(N=Cc2ccccc2COCC2CCCO2)c(N)n1. The maximum Gasteiger partial charge on any atom is 0.221 e. The highest BCUT2D eigenvalue weighted by Gasteiger charge is 2.15. The number of anilines is 1. The van der Waals surface area contributed by atoms with E-state index in [4.69, 9.17) is 15.2 Å². The number of nitrogen functional groups attached to an aromatic ring is 1. The number of hydrogen-bond acceptors (Lipinski definition) is 5. The van der Waals surface area contributed by atoms with Crippen LogP contribution in [0.1, 0.15) is 29.7 Å². The van der Waals surface area contributed by atoms with Crippen LogP contribution in [0.25, 0.3) is 0 Å². The summed E-state index contributed by atoms with van der Waals surface area (Å²) in [6, 6.07) is 8.03. The van der Waals surface area contributed by atoms with Crippen molar-refractivity contribution in [3.8, 4) is 0 Å². The third kappa shape index (κ3) is 4.18. The number of rotatable bonds is 6. The average molecular weight is 314 g/mol.